The van der Waals surface area contributed by atoms with Crippen LogP contribution in [0.15, 0.2) is 0 Å². The number of carbonyl (C=O) groups excluding carboxylic acids is 1. The number of likely N-dealkylation sites (N-methyl/N-ethyl adjacent to an activating group) is 1. The fourth-order valence-corrected chi connectivity index (χ4v) is 3.81. The number of aliphatic carboxylic acids is 1. The van der Waals surface area contributed by atoms with Crippen molar-refractivity contribution in [1.82, 2.24) is 10.2 Å². The third-order valence-corrected chi connectivity index (χ3v) is 6.00. The van der Waals surface area contributed by atoms with Crippen molar-refractivity contribution < 1.29 is 14.7 Å². The highest BCUT2D eigenvalue weighted by atomic mass is 16.4. The van der Waals surface area contributed by atoms with Gasteiger partial charge in [0.2, 0.25) is 5.91 Å². The predicted octanol–water partition coefficient (Wildman–Crippen LogP) is 1.72. The molecule has 0 aliphatic heterocycles. The Balaban J connectivity index is 1.79. The Hall–Kier alpha value is -1.10. The lowest BCUT2D eigenvalue weighted by atomic mass is 9.85. The fraction of sp³-hybridized carbons (Fsp3) is 0.875. The molecule has 2 fully saturated rings. The van der Waals surface area contributed by atoms with Crippen LogP contribution < -0.4 is 5.32 Å². The molecule has 0 aromatic heterocycles. The van der Waals surface area contributed by atoms with Crippen LogP contribution in [0.25, 0.3) is 0 Å². The average Bonchev–Trinajstić information content (AvgIpc) is 2.70. The van der Waals surface area contributed by atoms with Gasteiger partial charge in [-0.05, 0) is 30.2 Å². The predicted molar refractivity (Wildman–Crippen MR) is 80.9 cm³/mol. The molecule has 5 heteroatoms. The minimum Gasteiger partial charge on any atom is -0.480 e. The summed E-state index contributed by atoms with van der Waals surface area (Å²) in [5, 5.41) is 12.0. The van der Waals surface area contributed by atoms with Crippen LogP contribution in [0.2, 0.25) is 0 Å². The van der Waals surface area contributed by atoms with Crippen LogP contribution in [-0.2, 0) is 9.59 Å². The standard InChI is InChI=1S/C16H28N2O3/c1-6-18(9-12(19)20)11-7-10(8-11)17-14(21)13-15(2,3)16(13,4)5/h10-11,13H,6-9H2,1-5H3,(H,17,21)(H,19,20). The Morgan fingerprint density at radius 2 is 1.71 bits per heavy atom. The summed E-state index contributed by atoms with van der Waals surface area (Å²) >= 11 is 0. The molecule has 0 heterocycles. The second-order valence-corrected chi connectivity index (χ2v) is 7.66. The molecule has 21 heavy (non-hydrogen) atoms. The number of carbonyl (C=O) groups is 2. The maximum atomic E-state index is 12.3. The summed E-state index contributed by atoms with van der Waals surface area (Å²) in [5.74, 6) is -0.536. The minimum absolute atomic E-state index is 0.0684. The van der Waals surface area contributed by atoms with E-state index in [2.05, 4.69) is 33.0 Å². The molecule has 0 aromatic rings. The molecule has 5 nitrogen and oxygen atoms in total. The first-order valence-electron chi connectivity index (χ1n) is 7.87. The first-order chi connectivity index (χ1) is 9.61. The molecule has 0 saturated heterocycles. The van der Waals surface area contributed by atoms with Gasteiger partial charge in [-0.3, -0.25) is 14.5 Å². The van der Waals surface area contributed by atoms with Crippen molar-refractivity contribution in [2.45, 2.75) is 59.5 Å². The topological polar surface area (TPSA) is 69.6 Å². The maximum Gasteiger partial charge on any atom is 0.317 e. The van der Waals surface area contributed by atoms with Gasteiger partial charge in [0.1, 0.15) is 0 Å². The second-order valence-electron chi connectivity index (χ2n) is 7.66. The van der Waals surface area contributed by atoms with Crippen molar-refractivity contribution in [3.05, 3.63) is 0 Å². The van der Waals surface area contributed by atoms with Crippen LogP contribution in [0.3, 0.4) is 0 Å². The Morgan fingerprint density at radius 3 is 2.10 bits per heavy atom. The molecular formula is C16H28N2O3. The van der Waals surface area contributed by atoms with Gasteiger partial charge in [-0.15, -0.1) is 0 Å². The zero-order valence-corrected chi connectivity index (χ0v) is 13.8. The van der Waals surface area contributed by atoms with Gasteiger partial charge < -0.3 is 10.4 Å². The summed E-state index contributed by atoms with van der Waals surface area (Å²) in [4.78, 5) is 25.1. The Morgan fingerprint density at radius 1 is 1.19 bits per heavy atom. The number of nitrogens with zero attached hydrogens (tertiary/aromatic N) is 1. The largest absolute Gasteiger partial charge is 0.480 e. The number of hydrogen-bond acceptors (Lipinski definition) is 3. The summed E-state index contributed by atoms with van der Waals surface area (Å²) in [6.07, 6.45) is 1.72. The van der Waals surface area contributed by atoms with Crippen LogP contribution in [0.1, 0.15) is 47.5 Å². The van der Waals surface area contributed by atoms with Gasteiger partial charge in [0.25, 0.3) is 0 Å². The first kappa shape index (κ1) is 16.3. The van der Waals surface area contributed by atoms with Crippen molar-refractivity contribution in [2.24, 2.45) is 16.7 Å². The third-order valence-electron chi connectivity index (χ3n) is 6.00. The summed E-state index contributed by atoms with van der Waals surface area (Å²) in [7, 11) is 0. The van der Waals surface area contributed by atoms with E-state index in [1.54, 1.807) is 0 Å². The normalized spacial score (nSPS) is 29.8. The van der Waals surface area contributed by atoms with Gasteiger partial charge in [0, 0.05) is 18.0 Å². The quantitative estimate of drug-likeness (QED) is 0.783. The third kappa shape index (κ3) is 2.80. The van der Waals surface area contributed by atoms with E-state index in [1.165, 1.54) is 0 Å². The van der Waals surface area contributed by atoms with Crippen LogP contribution in [0, 0.1) is 16.7 Å². The lowest BCUT2D eigenvalue weighted by Crippen LogP contribution is -2.55. The van der Waals surface area contributed by atoms with Crippen LogP contribution in [-0.4, -0.2) is 47.1 Å². The lowest BCUT2D eigenvalue weighted by Gasteiger charge is -2.42. The molecule has 0 atom stereocenters. The first-order valence-corrected chi connectivity index (χ1v) is 7.87. The zero-order chi connectivity index (χ0) is 16.0. The summed E-state index contributed by atoms with van der Waals surface area (Å²) < 4.78 is 0. The molecule has 2 N–H and O–H groups in total. The van der Waals surface area contributed by atoms with Gasteiger partial charge in [-0.1, -0.05) is 34.6 Å². The van der Waals surface area contributed by atoms with Crippen molar-refractivity contribution in [1.29, 1.82) is 0 Å². The van der Waals surface area contributed by atoms with Crippen molar-refractivity contribution >= 4 is 11.9 Å². The molecule has 2 saturated carbocycles. The van der Waals surface area contributed by atoms with E-state index in [9.17, 15) is 9.59 Å². The van der Waals surface area contributed by atoms with E-state index >= 15 is 0 Å². The molecule has 0 unspecified atom stereocenters. The summed E-state index contributed by atoms with van der Waals surface area (Å²) in [6.45, 7) is 11.4. The number of amides is 1. The Labute approximate surface area is 127 Å². The van der Waals surface area contributed by atoms with Crippen molar-refractivity contribution in [3.8, 4) is 0 Å². The molecule has 0 radical (unpaired) electrons. The average molecular weight is 296 g/mol. The summed E-state index contributed by atoms with van der Waals surface area (Å²) in [6, 6.07) is 0.495. The van der Waals surface area contributed by atoms with Crippen LogP contribution in [0.4, 0.5) is 0 Å². The molecule has 1 amide bonds. The lowest BCUT2D eigenvalue weighted by molar-refractivity contribution is -0.140. The Bertz CT molecular complexity index is 425. The number of hydrogen-bond donors (Lipinski definition) is 2. The monoisotopic (exact) mass is 296 g/mol. The highest BCUT2D eigenvalue weighted by Gasteiger charge is 2.68. The highest BCUT2D eigenvalue weighted by molar-refractivity contribution is 5.84. The minimum atomic E-state index is -0.786. The van der Waals surface area contributed by atoms with Crippen molar-refractivity contribution in [3.63, 3.8) is 0 Å². The van der Waals surface area contributed by atoms with E-state index < -0.39 is 5.97 Å². The smallest absolute Gasteiger partial charge is 0.317 e. The zero-order valence-electron chi connectivity index (χ0n) is 13.8. The SMILES string of the molecule is CCN(CC(=O)O)C1CC(NC(=O)C2C(C)(C)C2(C)C)C1. The molecular weight excluding hydrogens is 268 g/mol. The van der Waals surface area contributed by atoms with Crippen LogP contribution >= 0.6 is 0 Å². The highest BCUT2D eigenvalue weighted by Crippen LogP contribution is 2.68. The molecule has 120 valence electrons. The van der Waals surface area contributed by atoms with Gasteiger partial charge >= 0.3 is 5.97 Å². The molecule has 2 aliphatic carbocycles. The maximum absolute atomic E-state index is 12.3. The second kappa shape index (κ2) is 5.27. The van der Waals surface area contributed by atoms with Gasteiger partial charge in [-0.2, -0.15) is 0 Å². The Kier molecular flexibility index (Phi) is 4.08. The van der Waals surface area contributed by atoms with Crippen LogP contribution in [0.5, 0.6) is 0 Å². The number of rotatable bonds is 6. The van der Waals surface area contributed by atoms with E-state index in [1.807, 2.05) is 11.8 Å². The summed E-state index contributed by atoms with van der Waals surface area (Å²) in [5.41, 5.74) is 0.137. The van der Waals surface area contributed by atoms with E-state index in [4.69, 9.17) is 5.11 Å². The fourth-order valence-electron chi connectivity index (χ4n) is 3.81. The molecule has 0 bridgehead atoms. The molecule has 0 spiro atoms. The number of carboxylic acids is 1. The molecule has 0 aromatic carbocycles. The van der Waals surface area contributed by atoms with Gasteiger partial charge in [0.05, 0.1) is 6.54 Å². The van der Waals surface area contributed by atoms with Crippen molar-refractivity contribution in [2.75, 3.05) is 13.1 Å². The van der Waals surface area contributed by atoms with E-state index in [0.29, 0.717) is 0 Å². The number of nitrogens with one attached hydrogen (secondary N) is 1. The van der Waals surface area contributed by atoms with E-state index in [-0.39, 0.29) is 41.3 Å². The van der Waals surface area contributed by atoms with E-state index in [0.717, 1.165) is 19.4 Å². The van der Waals surface area contributed by atoms with Gasteiger partial charge in [0.15, 0.2) is 0 Å². The van der Waals surface area contributed by atoms with Gasteiger partial charge in [-0.25, -0.2) is 0 Å². The number of carboxylic acid groups (broad SMARTS) is 1. The molecule has 2 rings (SSSR count). The molecule has 2 aliphatic rings.